The Balaban J connectivity index is 1.43. The molecule has 0 spiro atoms. The van der Waals surface area contributed by atoms with Gasteiger partial charge < -0.3 is 19.7 Å². The molecule has 0 unspecified atom stereocenters. The maximum Gasteiger partial charge on any atom is 0.413 e. The predicted molar refractivity (Wildman–Crippen MR) is 133 cm³/mol. The maximum atomic E-state index is 12.3. The van der Waals surface area contributed by atoms with Crippen LogP contribution in [0.15, 0.2) is 54.6 Å². The number of hydrogen-bond donors (Lipinski definition) is 1. The van der Waals surface area contributed by atoms with Crippen LogP contribution in [0.25, 0.3) is 16.6 Å². The molecule has 1 aromatic heterocycles. The standard InChI is InChI=1S/C27H35N3O3/c1-20(2)19-28-27(31)33-26-18-22-9-4-5-10-25(22)30(26)23-11-13-24(14-12-23)32-17-7-16-29-15-6-8-21(29)3/h4-5,9-14,18,20-21H,6-8,15-17,19H2,1-3H3,(H,28,31)/t21-/m1/s1. The van der Waals surface area contributed by atoms with Crippen molar-refractivity contribution in [2.24, 2.45) is 5.92 Å². The van der Waals surface area contributed by atoms with Crippen molar-refractivity contribution in [3.63, 3.8) is 0 Å². The van der Waals surface area contributed by atoms with Gasteiger partial charge in [0, 0.05) is 36.3 Å². The van der Waals surface area contributed by atoms with E-state index in [1.54, 1.807) is 0 Å². The molecule has 1 fully saturated rings. The second-order valence-corrected chi connectivity index (χ2v) is 9.26. The van der Waals surface area contributed by atoms with Gasteiger partial charge in [-0.05, 0) is 69.0 Å². The molecule has 1 N–H and O–H groups in total. The summed E-state index contributed by atoms with van der Waals surface area (Å²) < 4.78 is 13.6. The van der Waals surface area contributed by atoms with E-state index in [1.807, 2.05) is 73.0 Å². The fraction of sp³-hybridized carbons (Fsp3) is 0.444. The lowest BCUT2D eigenvalue weighted by atomic mass is 10.2. The summed E-state index contributed by atoms with van der Waals surface area (Å²) in [5, 5.41) is 3.83. The van der Waals surface area contributed by atoms with Crippen LogP contribution >= 0.6 is 0 Å². The summed E-state index contributed by atoms with van der Waals surface area (Å²) in [6, 6.07) is 18.6. The van der Waals surface area contributed by atoms with Gasteiger partial charge in [0.05, 0.1) is 12.1 Å². The van der Waals surface area contributed by atoms with Crippen molar-refractivity contribution >= 4 is 17.0 Å². The number of ether oxygens (including phenoxy) is 2. The maximum absolute atomic E-state index is 12.3. The molecule has 1 aliphatic rings. The van der Waals surface area contributed by atoms with E-state index in [2.05, 4.69) is 17.1 Å². The minimum Gasteiger partial charge on any atom is -0.494 e. The highest BCUT2D eigenvalue weighted by Gasteiger charge is 2.19. The van der Waals surface area contributed by atoms with Crippen molar-refractivity contribution in [2.45, 2.75) is 46.1 Å². The second kappa shape index (κ2) is 10.8. The lowest BCUT2D eigenvalue weighted by molar-refractivity contribution is 0.196. The van der Waals surface area contributed by atoms with E-state index in [0.29, 0.717) is 31.0 Å². The fourth-order valence-corrected chi connectivity index (χ4v) is 4.36. The lowest BCUT2D eigenvalue weighted by Crippen LogP contribution is -2.30. The Morgan fingerprint density at radius 2 is 1.94 bits per heavy atom. The van der Waals surface area contributed by atoms with E-state index >= 15 is 0 Å². The van der Waals surface area contributed by atoms with Crippen LogP contribution in [-0.4, -0.2) is 47.8 Å². The summed E-state index contributed by atoms with van der Waals surface area (Å²) in [4.78, 5) is 14.9. The van der Waals surface area contributed by atoms with Gasteiger partial charge in [-0.25, -0.2) is 4.79 Å². The van der Waals surface area contributed by atoms with Crippen molar-refractivity contribution in [1.29, 1.82) is 0 Å². The Hall–Kier alpha value is -2.99. The number of aromatic nitrogens is 1. The molecule has 2 heterocycles. The molecule has 0 aliphatic carbocycles. The third-order valence-corrected chi connectivity index (χ3v) is 6.17. The number of benzene rings is 2. The molecule has 6 nitrogen and oxygen atoms in total. The first-order chi connectivity index (χ1) is 16.0. The van der Waals surface area contributed by atoms with Crippen LogP contribution in [0.5, 0.6) is 11.6 Å². The predicted octanol–water partition coefficient (Wildman–Crippen LogP) is 5.63. The summed E-state index contributed by atoms with van der Waals surface area (Å²) in [5.41, 5.74) is 1.90. The van der Waals surface area contributed by atoms with Crippen LogP contribution in [-0.2, 0) is 0 Å². The minimum absolute atomic E-state index is 0.356. The number of para-hydroxylation sites is 1. The number of likely N-dealkylation sites (tertiary alicyclic amines) is 1. The quantitative estimate of drug-likeness (QED) is 0.430. The SMILES string of the molecule is CC(C)CNC(=O)Oc1cc2ccccc2n1-c1ccc(OCCCN2CCC[C@H]2C)cc1. The average Bonchev–Trinajstić information content (AvgIpc) is 3.38. The summed E-state index contributed by atoms with van der Waals surface area (Å²) in [7, 11) is 0. The number of nitrogens with zero attached hydrogens (tertiary/aromatic N) is 2. The van der Waals surface area contributed by atoms with Gasteiger partial charge in [0.2, 0.25) is 5.88 Å². The number of rotatable bonds is 9. The molecular weight excluding hydrogens is 414 g/mol. The van der Waals surface area contributed by atoms with E-state index in [1.165, 1.54) is 19.4 Å². The molecule has 4 rings (SSSR count). The van der Waals surface area contributed by atoms with Crippen LogP contribution in [0, 0.1) is 5.92 Å². The Morgan fingerprint density at radius 1 is 1.15 bits per heavy atom. The van der Waals surface area contributed by atoms with Gasteiger partial charge in [-0.2, -0.15) is 0 Å². The summed E-state index contributed by atoms with van der Waals surface area (Å²) in [5.74, 6) is 1.70. The molecule has 3 aromatic rings. The lowest BCUT2D eigenvalue weighted by Gasteiger charge is -2.20. The number of hydrogen-bond acceptors (Lipinski definition) is 4. The molecule has 0 bridgehead atoms. The van der Waals surface area contributed by atoms with Crippen molar-refractivity contribution in [1.82, 2.24) is 14.8 Å². The van der Waals surface area contributed by atoms with Crippen LogP contribution < -0.4 is 14.8 Å². The third kappa shape index (κ3) is 5.88. The van der Waals surface area contributed by atoms with Crippen molar-refractivity contribution < 1.29 is 14.3 Å². The van der Waals surface area contributed by atoms with Gasteiger partial charge in [0.15, 0.2) is 0 Å². The van der Waals surface area contributed by atoms with Crippen molar-refractivity contribution in [3.8, 4) is 17.3 Å². The molecule has 0 radical (unpaired) electrons. The van der Waals surface area contributed by atoms with E-state index in [4.69, 9.17) is 9.47 Å². The van der Waals surface area contributed by atoms with Crippen LogP contribution in [0.4, 0.5) is 4.79 Å². The highest BCUT2D eigenvalue weighted by Crippen LogP contribution is 2.30. The van der Waals surface area contributed by atoms with Crippen LogP contribution in [0.1, 0.15) is 40.0 Å². The molecule has 1 saturated heterocycles. The Morgan fingerprint density at radius 3 is 2.67 bits per heavy atom. The Labute approximate surface area is 196 Å². The molecule has 6 heteroatoms. The normalized spacial score (nSPS) is 16.4. The first kappa shape index (κ1) is 23.2. The highest BCUT2D eigenvalue weighted by atomic mass is 16.6. The zero-order chi connectivity index (χ0) is 23.2. The van der Waals surface area contributed by atoms with Gasteiger partial charge >= 0.3 is 6.09 Å². The Kier molecular flexibility index (Phi) is 7.55. The second-order valence-electron chi connectivity index (χ2n) is 9.26. The molecule has 0 saturated carbocycles. The number of fused-ring (bicyclic) bond motifs is 1. The van der Waals surface area contributed by atoms with E-state index < -0.39 is 6.09 Å². The zero-order valence-electron chi connectivity index (χ0n) is 19.9. The van der Waals surface area contributed by atoms with Gasteiger partial charge in [0.25, 0.3) is 0 Å². The monoisotopic (exact) mass is 449 g/mol. The summed E-state index contributed by atoms with van der Waals surface area (Å²) >= 11 is 0. The summed E-state index contributed by atoms with van der Waals surface area (Å²) in [6.07, 6.45) is 3.20. The topological polar surface area (TPSA) is 55.7 Å². The molecular formula is C27H35N3O3. The smallest absolute Gasteiger partial charge is 0.413 e. The van der Waals surface area contributed by atoms with Gasteiger partial charge in [-0.15, -0.1) is 0 Å². The van der Waals surface area contributed by atoms with E-state index in [-0.39, 0.29) is 0 Å². The molecule has 33 heavy (non-hydrogen) atoms. The number of nitrogens with one attached hydrogen (secondary N) is 1. The number of amides is 1. The first-order valence-electron chi connectivity index (χ1n) is 12.0. The van der Waals surface area contributed by atoms with Crippen LogP contribution in [0.3, 0.4) is 0 Å². The first-order valence-corrected chi connectivity index (χ1v) is 12.0. The van der Waals surface area contributed by atoms with Gasteiger partial charge in [-0.3, -0.25) is 4.57 Å². The van der Waals surface area contributed by atoms with Crippen molar-refractivity contribution in [2.75, 3.05) is 26.2 Å². The molecule has 176 valence electrons. The fourth-order valence-electron chi connectivity index (χ4n) is 4.36. The Bertz CT molecular complexity index is 1060. The summed E-state index contributed by atoms with van der Waals surface area (Å²) in [6.45, 7) is 9.99. The number of carbonyl (C=O) groups is 1. The van der Waals surface area contributed by atoms with Crippen molar-refractivity contribution in [3.05, 3.63) is 54.6 Å². The molecule has 1 aliphatic heterocycles. The van der Waals surface area contributed by atoms with Gasteiger partial charge in [0.1, 0.15) is 5.75 Å². The van der Waals surface area contributed by atoms with E-state index in [9.17, 15) is 4.79 Å². The minimum atomic E-state index is -0.444. The van der Waals surface area contributed by atoms with Gasteiger partial charge in [-0.1, -0.05) is 32.0 Å². The third-order valence-electron chi connectivity index (χ3n) is 6.17. The van der Waals surface area contributed by atoms with Crippen LogP contribution in [0.2, 0.25) is 0 Å². The molecule has 2 aromatic carbocycles. The molecule has 1 amide bonds. The zero-order valence-corrected chi connectivity index (χ0v) is 19.9. The van der Waals surface area contributed by atoms with E-state index in [0.717, 1.165) is 35.3 Å². The molecule has 1 atom stereocenters. The largest absolute Gasteiger partial charge is 0.494 e. The average molecular weight is 450 g/mol. The highest BCUT2D eigenvalue weighted by molar-refractivity contribution is 5.85. The number of carbonyl (C=O) groups excluding carboxylic acids is 1.